The average Bonchev–Trinajstić information content (AvgIpc) is 3.06. The molecule has 1 heterocycles. The number of guanidine groups is 1. The van der Waals surface area contributed by atoms with Gasteiger partial charge in [-0.05, 0) is 17.7 Å². The standard InChI is InChI=1S/C15H18F3N5O2S2/c1-20-14(21-6-5-13-23-12(9-26-13)15(16,17)18)22-8-10-3-2-4-11(7-10)27(19,24)25/h2-4,7,9H,5-6,8H2,1H3,(H2,19,24,25)(H2,20,21,22). The van der Waals surface area contributed by atoms with E-state index in [0.29, 0.717) is 36.0 Å². The van der Waals surface area contributed by atoms with Crippen LogP contribution >= 0.6 is 11.3 Å². The first kappa shape index (κ1) is 21.1. The number of hydrogen-bond acceptors (Lipinski definition) is 5. The van der Waals surface area contributed by atoms with Crippen LogP contribution in [0.3, 0.4) is 0 Å². The summed E-state index contributed by atoms with van der Waals surface area (Å²) in [6, 6.07) is 6.15. The average molecular weight is 421 g/mol. The molecule has 2 aromatic rings. The van der Waals surface area contributed by atoms with Gasteiger partial charge in [-0.25, -0.2) is 18.5 Å². The van der Waals surface area contributed by atoms with Crippen LogP contribution in [0, 0.1) is 0 Å². The largest absolute Gasteiger partial charge is 0.434 e. The summed E-state index contributed by atoms with van der Waals surface area (Å²) in [6.07, 6.45) is -4.13. The Bertz CT molecular complexity index is 910. The maximum atomic E-state index is 12.5. The van der Waals surface area contributed by atoms with Crippen LogP contribution in [-0.2, 0) is 29.2 Å². The predicted octanol–water partition coefficient (Wildman–Crippen LogP) is 1.72. The van der Waals surface area contributed by atoms with E-state index in [-0.39, 0.29) is 4.90 Å². The van der Waals surface area contributed by atoms with Crippen molar-refractivity contribution < 1.29 is 21.6 Å². The monoisotopic (exact) mass is 421 g/mol. The lowest BCUT2D eigenvalue weighted by molar-refractivity contribution is -0.140. The van der Waals surface area contributed by atoms with E-state index in [1.165, 1.54) is 12.1 Å². The van der Waals surface area contributed by atoms with Crippen molar-refractivity contribution in [2.45, 2.75) is 24.0 Å². The van der Waals surface area contributed by atoms with Gasteiger partial charge in [-0.1, -0.05) is 12.1 Å². The number of aliphatic imine (C=N–C) groups is 1. The van der Waals surface area contributed by atoms with Gasteiger partial charge >= 0.3 is 6.18 Å². The van der Waals surface area contributed by atoms with Crippen LogP contribution in [0.25, 0.3) is 0 Å². The third kappa shape index (κ3) is 6.48. The molecule has 0 aliphatic rings. The molecule has 0 amide bonds. The number of hydrogen-bond donors (Lipinski definition) is 3. The first-order valence-corrected chi connectivity index (χ1v) is 10.1. The van der Waals surface area contributed by atoms with Crippen LogP contribution in [0.5, 0.6) is 0 Å². The molecule has 0 unspecified atom stereocenters. The Kier molecular flexibility index (Phi) is 6.78. The van der Waals surface area contributed by atoms with Gasteiger partial charge in [-0.2, -0.15) is 13.2 Å². The van der Waals surface area contributed by atoms with Crippen molar-refractivity contribution in [1.29, 1.82) is 0 Å². The Morgan fingerprint density at radius 3 is 2.67 bits per heavy atom. The van der Waals surface area contributed by atoms with E-state index in [1.807, 2.05) is 0 Å². The highest BCUT2D eigenvalue weighted by atomic mass is 32.2. The number of sulfonamides is 1. The minimum absolute atomic E-state index is 0.00832. The van der Waals surface area contributed by atoms with Crippen LogP contribution in [0.2, 0.25) is 0 Å². The van der Waals surface area contributed by atoms with Crippen LogP contribution in [0.1, 0.15) is 16.3 Å². The number of benzene rings is 1. The molecule has 0 aliphatic carbocycles. The zero-order valence-corrected chi connectivity index (χ0v) is 15.9. The second kappa shape index (κ2) is 8.67. The highest BCUT2D eigenvalue weighted by molar-refractivity contribution is 7.89. The summed E-state index contributed by atoms with van der Waals surface area (Å²) in [4.78, 5) is 7.57. The number of primary sulfonamides is 1. The van der Waals surface area contributed by atoms with Crippen molar-refractivity contribution in [2.75, 3.05) is 13.6 Å². The summed E-state index contributed by atoms with van der Waals surface area (Å²) in [6.45, 7) is 0.625. The molecule has 7 nitrogen and oxygen atoms in total. The van der Waals surface area contributed by atoms with Crippen molar-refractivity contribution in [1.82, 2.24) is 15.6 Å². The maximum Gasteiger partial charge on any atom is 0.434 e. The lowest BCUT2D eigenvalue weighted by Crippen LogP contribution is -2.37. The summed E-state index contributed by atoms with van der Waals surface area (Å²) in [7, 11) is -2.24. The van der Waals surface area contributed by atoms with E-state index in [2.05, 4.69) is 20.6 Å². The lowest BCUT2D eigenvalue weighted by Gasteiger charge is -2.12. The van der Waals surface area contributed by atoms with Gasteiger partial charge in [0.05, 0.1) is 9.90 Å². The molecular formula is C15H18F3N5O2S2. The van der Waals surface area contributed by atoms with Gasteiger partial charge in [-0.3, -0.25) is 4.99 Å². The number of thiazole rings is 1. The Hall–Kier alpha value is -2.18. The fourth-order valence-electron chi connectivity index (χ4n) is 2.08. The fourth-order valence-corrected chi connectivity index (χ4v) is 3.47. The molecule has 0 radical (unpaired) electrons. The molecule has 12 heteroatoms. The third-order valence-corrected chi connectivity index (χ3v) is 5.20. The molecule has 4 N–H and O–H groups in total. The molecule has 0 atom stereocenters. The summed E-state index contributed by atoms with van der Waals surface area (Å²) in [5, 5.41) is 12.4. The van der Waals surface area contributed by atoms with Gasteiger partial charge in [0.15, 0.2) is 11.7 Å². The van der Waals surface area contributed by atoms with E-state index in [4.69, 9.17) is 5.14 Å². The second-order valence-corrected chi connectivity index (χ2v) is 7.92. The molecule has 1 aromatic heterocycles. The SMILES string of the molecule is CN=C(NCCc1nc(C(F)(F)F)cs1)NCc1cccc(S(N)(=O)=O)c1. The summed E-state index contributed by atoms with van der Waals surface area (Å²) in [5.74, 6) is 0.420. The Balaban J connectivity index is 1.85. The fraction of sp³-hybridized carbons (Fsp3) is 0.333. The molecule has 27 heavy (non-hydrogen) atoms. The highest BCUT2D eigenvalue weighted by Gasteiger charge is 2.33. The summed E-state index contributed by atoms with van der Waals surface area (Å²) >= 11 is 0.950. The molecule has 0 saturated heterocycles. The van der Waals surface area contributed by atoms with E-state index in [1.54, 1.807) is 19.2 Å². The lowest BCUT2D eigenvalue weighted by atomic mass is 10.2. The van der Waals surface area contributed by atoms with Crippen LogP contribution in [0.15, 0.2) is 39.5 Å². The summed E-state index contributed by atoms with van der Waals surface area (Å²) in [5.41, 5.74) is -0.209. The number of alkyl halides is 3. The van der Waals surface area contributed by atoms with Gasteiger partial charge in [0.1, 0.15) is 0 Å². The zero-order chi connectivity index (χ0) is 20.1. The van der Waals surface area contributed by atoms with E-state index in [9.17, 15) is 21.6 Å². The molecule has 0 saturated carbocycles. The van der Waals surface area contributed by atoms with Crippen molar-refractivity contribution in [3.8, 4) is 0 Å². The van der Waals surface area contributed by atoms with Gasteiger partial charge in [0.25, 0.3) is 0 Å². The first-order chi connectivity index (χ1) is 12.6. The number of rotatable bonds is 6. The van der Waals surface area contributed by atoms with Crippen molar-refractivity contribution >= 4 is 27.3 Å². The van der Waals surface area contributed by atoms with Crippen molar-refractivity contribution in [3.05, 3.63) is 45.9 Å². The van der Waals surface area contributed by atoms with Gasteiger partial charge < -0.3 is 10.6 Å². The second-order valence-electron chi connectivity index (χ2n) is 5.42. The predicted molar refractivity (Wildman–Crippen MR) is 96.8 cm³/mol. The number of nitrogens with zero attached hydrogens (tertiary/aromatic N) is 2. The van der Waals surface area contributed by atoms with Crippen molar-refractivity contribution in [3.63, 3.8) is 0 Å². The molecule has 2 rings (SSSR count). The number of aromatic nitrogens is 1. The van der Waals surface area contributed by atoms with Crippen LogP contribution < -0.4 is 15.8 Å². The molecule has 0 bridgehead atoms. The molecule has 0 fully saturated rings. The van der Waals surface area contributed by atoms with Gasteiger partial charge in [0.2, 0.25) is 10.0 Å². The number of halogens is 3. The molecule has 148 valence electrons. The minimum atomic E-state index is -4.44. The Morgan fingerprint density at radius 2 is 2.07 bits per heavy atom. The van der Waals surface area contributed by atoms with Crippen molar-refractivity contribution in [2.24, 2.45) is 10.1 Å². The molecule has 1 aromatic carbocycles. The van der Waals surface area contributed by atoms with E-state index >= 15 is 0 Å². The maximum absolute atomic E-state index is 12.5. The number of nitrogens with one attached hydrogen (secondary N) is 2. The van der Waals surface area contributed by atoms with Crippen LogP contribution in [0.4, 0.5) is 13.2 Å². The van der Waals surface area contributed by atoms with E-state index < -0.39 is 21.9 Å². The smallest absolute Gasteiger partial charge is 0.356 e. The number of nitrogens with two attached hydrogens (primary N) is 1. The molecule has 0 spiro atoms. The summed E-state index contributed by atoms with van der Waals surface area (Å²) < 4.78 is 60.3. The normalized spacial score (nSPS) is 12.9. The topological polar surface area (TPSA) is 109 Å². The third-order valence-electron chi connectivity index (χ3n) is 3.38. The van der Waals surface area contributed by atoms with Gasteiger partial charge in [0, 0.05) is 31.9 Å². The Labute approximate surface area is 158 Å². The zero-order valence-electron chi connectivity index (χ0n) is 14.2. The molecule has 0 aliphatic heterocycles. The Morgan fingerprint density at radius 1 is 1.33 bits per heavy atom. The first-order valence-electron chi connectivity index (χ1n) is 7.67. The van der Waals surface area contributed by atoms with E-state index in [0.717, 1.165) is 16.7 Å². The van der Waals surface area contributed by atoms with Gasteiger partial charge in [-0.15, -0.1) is 11.3 Å². The minimum Gasteiger partial charge on any atom is -0.356 e. The molecular weight excluding hydrogens is 403 g/mol. The van der Waals surface area contributed by atoms with Crippen LogP contribution in [-0.4, -0.2) is 33.0 Å². The highest BCUT2D eigenvalue weighted by Crippen LogP contribution is 2.29. The quantitative estimate of drug-likeness (QED) is 0.486.